The Morgan fingerprint density at radius 3 is 2.79 bits per heavy atom. The van der Waals surface area contributed by atoms with Crippen LogP contribution in [0, 0.1) is 5.92 Å². The molecule has 0 bridgehead atoms. The van der Waals surface area contributed by atoms with E-state index < -0.39 is 10.8 Å². The lowest BCUT2D eigenvalue weighted by Gasteiger charge is -2.26. The summed E-state index contributed by atoms with van der Waals surface area (Å²) in [6.45, 7) is 4.26. The maximum Gasteiger partial charge on any atom is 0.0350 e. The zero-order valence-corrected chi connectivity index (χ0v) is 10.2. The van der Waals surface area contributed by atoms with E-state index >= 15 is 0 Å². The molecule has 0 saturated heterocycles. The highest BCUT2D eigenvalue weighted by molar-refractivity contribution is 7.85. The molecule has 0 radical (unpaired) electrons. The minimum atomic E-state index is -0.628. The van der Waals surface area contributed by atoms with Crippen LogP contribution in [0.25, 0.3) is 0 Å². The van der Waals surface area contributed by atoms with Crippen molar-refractivity contribution >= 4 is 10.8 Å². The number of hydrogen-bond donors (Lipinski definition) is 1. The van der Waals surface area contributed by atoms with E-state index in [1.165, 1.54) is 12.8 Å². The smallest absolute Gasteiger partial charge is 0.0350 e. The molecule has 0 aromatic rings. The van der Waals surface area contributed by atoms with Crippen molar-refractivity contribution in [1.29, 1.82) is 0 Å². The van der Waals surface area contributed by atoms with Crippen LogP contribution in [-0.4, -0.2) is 21.3 Å². The molecular formula is C11H23NOS. The normalized spacial score (nSPS) is 32.5. The van der Waals surface area contributed by atoms with Gasteiger partial charge in [0, 0.05) is 27.8 Å². The lowest BCUT2D eigenvalue weighted by molar-refractivity contribution is 0.389. The topological polar surface area (TPSA) is 43.1 Å². The molecule has 4 unspecified atom stereocenters. The van der Waals surface area contributed by atoms with Crippen molar-refractivity contribution in [3.8, 4) is 0 Å². The molecule has 4 atom stereocenters. The Morgan fingerprint density at radius 2 is 2.21 bits per heavy atom. The molecule has 0 aromatic heterocycles. The Kier molecular flexibility index (Phi) is 5.10. The first-order valence-electron chi connectivity index (χ1n) is 5.72. The zero-order chi connectivity index (χ0) is 10.6. The molecule has 14 heavy (non-hydrogen) atoms. The predicted molar refractivity (Wildman–Crippen MR) is 62.7 cm³/mol. The molecule has 84 valence electrons. The third-order valence-corrected chi connectivity index (χ3v) is 4.84. The Bertz CT molecular complexity index is 194. The first kappa shape index (κ1) is 12.2. The molecule has 3 heteroatoms. The van der Waals surface area contributed by atoms with Gasteiger partial charge in [-0.15, -0.1) is 0 Å². The van der Waals surface area contributed by atoms with E-state index in [0.717, 1.165) is 30.9 Å². The van der Waals surface area contributed by atoms with Gasteiger partial charge in [-0.05, 0) is 32.1 Å². The first-order chi connectivity index (χ1) is 6.59. The van der Waals surface area contributed by atoms with Crippen LogP contribution in [-0.2, 0) is 10.8 Å². The average Bonchev–Trinajstić information content (AvgIpc) is 2.14. The van der Waals surface area contributed by atoms with Gasteiger partial charge in [-0.2, -0.15) is 0 Å². The molecule has 0 amide bonds. The van der Waals surface area contributed by atoms with Gasteiger partial charge in [0.1, 0.15) is 0 Å². The lowest BCUT2D eigenvalue weighted by Crippen LogP contribution is -2.27. The van der Waals surface area contributed by atoms with Crippen LogP contribution < -0.4 is 5.73 Å². The zero-order valence-electron chi connectivity index (χ0n) is 9.37. The second-order valence-corrected chi connectivity index (χ2v) is 6.58. The maximum atomic E-state index is 11.9. The second-order valence-electron chi connectivity index (χ2n) is 4.74. The second kappa shape index (κ2) is 5.86. The molecule has 1 saturated carbocycles. The van der Waals surface area contributed by atoms with E-state index in [9.17, 15) is 4.21 Å². The van der Waals surface area contributed by atoms with Gasteiger partial charge >= 0.3 is 0 Å². The number of rotatable bonds is 4. The highest BCUT2D eigenvalue weighted by atomic mass is 32.2. The molecule has 2 N–H and O–H groups in total. The van der Waals surface area contributed by atoms with Crippen molar-refractivity contribution in [1.82, 2.24) is 0 Å². The third kappa shape index (κ3) is 4.09. The van der Waals surface area contributed by atoms with Gasteiger partial charge in [-0.25, -0.2) is 0 Å². The maximum absolute atomic E-state index is 11.9. The van der Waals surface area contributed by atoms with E-state index in [1.54, 1.807) is 0 Å². The van der Waals surface area contributed by atoms with Crippen LogP contribution in [0.4, 0.5) is 0 Å². The van der Waals surface area contributed by atoms with E-state index in [4.69, 9.17) is 5.73 Å². The monoisotopic (exact) mass is 217 g/mol. The highest BCUT2D eigenvalue weighted by Gasteiger charge is 2.23. The summed E-state index contributed by atoms with van der Waals surface area (Å²) in [6, 6.07) is 0.194. The molecule has 0 aliphatic heterocycles. The minimum absolute atomic E-state index is 0.194. The molecule has 0 spiro atoms. The largest absolute Gasteiger partial charge is 0.328 e. The van der Waals surface area contributed by atoms with Gasteiger partial charge in [-0.3, -0.25) is 4.21 Å². The summed E-state index contributed by atoms with van der Waals surface area (Å²) >= 11 is 0. The van der Waals surface area contributed by atoms with Crippen LogP contribution in [0.1, 0.15) is 46.0 Å². The standard InChI is InChI=1S/C11H23NOS/c1-9-4-3-5-11(8-9)14(13)7-6-10(2)12/h9-11H,3-8,12H2,1-2H3. The minimum Gasteiger partial charge on any atom is -0.328 e. The molecule has 1 rings (SSSR count). The van der Waals surface area contributed by atoms with E-state index in [-0.39, 0.29) is 6.04 Å². The summed E-state index contributed by atoms with van der Waals surface area (Å²) in [7, 11) is -0.628. The van der Waals surface area contributed by atoms with Gasteiger partial charge in [0.05, 0.1) is 0 Å². The Balaban J connectivity index is 2.29. The molecule has 2 nitrogen and oxygen atoms in total. The van der Waals surface area contributed by atoms with Gasteiger partial charge < -0.3 is 5.73 Å². The molecule has 1 fully saturated rings. The van der Waals surface area contributed by atoms with Gasteiger partial charge in [0.25, 0.3) is 0 Å². The SMILES string of the molecule is CC(N)CCS(=O)C1CCCC(C)C1. The predicted octanol–water partition coefficient (Wildman–Crippen LogP) is 2.05. The molecule has 1 aliphatic rings. The van der Waals surface area contributed by atoms with Gasteiger partial charge in [0.2, 0.25) is 0 Å². The number of hydrogen-bond acceptors (Lipinski definition) is 2. The van der Waals surface area contributed by atoms with Crippen LogP contribution >= 0.6 is 0 Å². The molecule has 1 aliphatic carbocycles. The Morgan fingerprint density at radius 1 is 1.50 bits per heavy atom. The molecule has 0 aromatic carbocycles. The fourth-order valence-corrected chi connectivity index (χ4v) is 4.00. The Hall–Kier alpha value is 0.110. The van der Waals surface area contributed by atoms with Crippen LogP contribution in [0.5, 0.6) is 0 Å². The summed E-state index contributed by atoms with van der Waals surface area (Å²) in [5, 5.41) is 0.456. The summed E-state index contributed by atoms with van der Waals surface area (Å²) in [4.78, 5) is 0. The fraction of sp³-hybridized carbons (Fsp3) is 1.00. The quantitative estimate of drug-likeness (QED) is 0.783. The van der Waals surface area contributed by atoms with E-state index in [2.05, 4.69) is 6.92 Å². The summed E-state index contributed by atoms with van der Waals surface area (Å²) in [5.74, 6) is 1.57. The van der Waals surface area contributed by atoms with Crippen molar-refractivity contribution < 1.29 is 4.21 Å². The third-order valence-electron chi connectivity index (χ3n) is 3.03. The summed E-state index contributed by atoms with van der Waals surface area (Å²) in [5.41, 5.74) is 5.66. The van der Waals surface area contributed by atoms with E-state index in [0.29, 0.717) is 5.25 Å². The highest BCUT2D eigenvalue weighted by Crippen LogP contribution is 2.27. The van der Waals surface area contributed by atoms with Gasteiger partial charge in [0.15, 0.2) is 0 Å². The molecule has 0 heterocycles. The summed E-state index contributed by atoms with van der Waals surface area (Å²) in [6.07, 6.45) is 5.80. The van der Waals surface area contributed by atoms with Crippen LogP contribution in [0.15, 0.2) is 0 Å². The van der Waals surface area contributed by atoms with Crippen LogP contribution in [0.2, 0.25) is 0 Å². The fourth-order valence-electron chi connectivity index (χ4n) is 2.09. The van der Waals surface area contributed by atoms with Crippen molar-refractivity contribution in [3.63, 3.8) is 0 Å². The average molecular weight is 217 g/mol. The first-order valence-corrected chi connectivity index (χ1v) is 7.10. The van der Waals surface area contributed by atoms with Crippen molar-refractivity contribution in [3.05, 3.63) is 0 Å². The lowest BCUT2D eigenvalue weighted by atomic mass is 9.91. The number of nitrogens with two attached hydrogens (primary N) is 1. The summed E-state index contributed by atoms with van der Waals surface area (Å²) < 4.78 is 11.9. The van der Waals surface area contributed by atoms with Gasteiger partial charge in [-0.1, -0.05) is 19.8 Å². The van der Waals surface area contributed by atoms with Crippen molar-refractivity contribution in [2.45, 2.75) is 57.2 Å². The van der Waals surface area contributed by atoms with E-state index in [1.807, 2.05) is 6.92 Å². The van der Waals surface area contributed by atoms with Crippen molar-refractivity contribution in [2.24, 2.45) is 11.7 Å². The van der Waals surface area contributed by atoms with Crippen molar-refractivity contribution in [2.75, 3.05) is 5.75 Å². The Labute approximate surface area is 90.1 Å². The molecular weight excluding hydrogens is 194 g/mol. The van der Waals surface area contributed by atoms with Crippen LogP contribution in [0.3, 0.4) is 0 Å².